The van der Waals surface area contributed by atoms with E-state index in [1.165, 1.54) is 12.1 Å². The smallest absolute Gasteiger partial charge is 0.248 e. The fourth-order valence-corrected chi connectivity index (χ4v) is 2.95. The van der Waals surface area contributed by atoms with Gasteiger partial charge in [-0.1, -0.05) is 17.7 Å². The van der Waals surface area contributed by atoms with Gasteiger partial charge < -0.3 is 5.32 Å². The normalized spacial score (nSPS) is 11.3. The molecule has 0 spiro atoms. The zero-order valence-electron chi connectivity index (χ0n) is 15.2. The van der Waals surface area contributed by atoms with Gasteiger partial charge in [-0.2, -0.15) is 10.2 Å². The van der Waals surface area contributed by atoms with Crippen LogP contribution in [0.25, 0.3) is 6.08 Å². The topological polar surface area (TPSA) is 64.7 Å². The molecule has 0 saturated carbocycles. The van der Waals surface area contributed by atoms with Crippen LogP contribution < -0.4 is 5.32 Å². The number of carbonyl (C=O) groups is 1. The quantitative estimate of drug-likeness (QED) is 0.678. The average molecular weight is 388 g/mol. The van der Waals surface area contributed by atoms with Crippen LogP contribution in [0.15, 0.2) is 36.7 Å². The summed E-state index contributed by atoms with van der Waals surface area (Å²) in [6.45, 7) is 3.78. The number of benzene rings is 1. The van der Waals surface area contributed by atoms with E-state index < -0.39 is 0 Å². The molecule has 2 aromatic heterocycles. The average Bonchev–Trinajstić information content (AvgIpc) is 3.14. The summed E-state index contributed by atoms with van der Waals surface area (Å²) >= 11 is 6.10. The van der Waals surface area contributed by atoms with E-state index in [-0.39, 0.29) is 18.3 Å². The third-order valence-electron chi connectivity index (χ3n) is 4.15. The lowest BCUT2D eigenvalue weighted by molar-refractivity contribution is -0.111. The second kappa shape index (κ2) is 7.75. The summed E-state index contributed by atoms with van der Waals surface area (Å²) < 4.78 is 17.3. The number of amides is 1. The Morgan fingerprint density at radius 3 is 2.81 bits per heavy atom. The van der Waals surface area contributed by atoms with E-state index in [0.29, 0.717) is 22.0 Å². The summed E-state index contributed by atoms with van der Waals surface area (Å²) in [5.41, 5.74) is 3.14. The number of aryl methyl sites for hydroxylation is 2. The fourth-order valence-electron chi connectivity index (χ4n) is 2.73. The highest BCUT2D eigenvalue weighted by Gasteiger charge is 2.16. The molecule has 0 unspecified atom stereocenters. The van der Waals surface area contributed by atoms with Crippen LogP contribution in [0, 0.1) is 19.7 Å². The third kappa shape index (κ3) is 4.25. The molecule has 3 aromatic rings. The molecule has 0 bridgehead atoms. The zero-order valence-corrected chi connectivity index (χ0v) is 16.0. The minimum Gasteiger partial charge on any atom is -0.319 e. The number of nitrogens with one attached hydrogen (secondary N) is 1. The van der Waals surface area contributed by atoms with Crippen molar-refractivity contribution < 1.29 is 9.18 Å². The molecule has 0 aliphatic rings. The highest BCUT2D eigenvalue weighted by molar-refractivity contribution is 6.31. The van der Waals surface area contributed by atoms with Crippen LogP contribution in [0.5, 0.6) is 0 Å². The molecule has 1 N–H and O–H groups in total. The minimum atomic E-state index is -0.389. The van der Waals surface area contributed by atoms with Crippen LogP contribution in [-0.4, -0.2) is 25.5 Å². The highest BCUT2D eigenvalue weighted by atomic mass is 35.5. The Morgan fingerprint density at radius 1 is 1.37 bits per heavy atom. The number of aromatic nitrogens is 4. The lowest BCUT2D eigenvalue weighted by Crippen LogP contribution is -2.10. The van der Waals surface area contributed by atoms with Crippen molar-refractivity contribution in [3.63, 3.8) is 0 Å². The monoisotopic (exact) mass is 387 g/mol. The van der Waals surface area contributed by atoms with E-state index in [0.717, 1.165) is 11.3 Å². The van der Waals surface area contributed by atoms with Gasteiger partial charge in [0.05, 0.1) is 29.8 Å². The maximum Gasteiger partial charge on any atom is 0.248 e. The number of halogens is 2. The Balaban J connectivity index is 1.77. The van der Waals surface area contributed by atoms with E-state index in [1.807, 2.05) is 6.92 Å². The highest BCUT2D eigenvalue weighted by Crippen LogP contribution is 2.24. The summed E-state index contributed by atoms with van der Waals surface area (Å²) in [6, 6.07) is 4.55. The molecule has 27 heavy (non-hydrogen) atoms. The summed E-state index contributed by atoms with van der Waals surface area (Å²) in [4.78, 5) is 12.2. The first-order valence-electron chi connectivity index (χ1n) is 8.29. The number of nitrogens with zero attached hydrogens (tertiary/aromatic N) is 4. The lowest BCUT2D eigenvalue weighted by Gasteiger charge is -2.08. The molecule has 0 aliphatic heterocycles. The van der Waals surface area contributed by atoms with E-state index in [9.17, 15) is 9.18 Å². The zero-order chi connectivity index (χ0) is 19.6. The summed E-state index contributed by atoms with van der Waals surface area (Å²) in [5, 5.41) is 11.6. The van der Waals surface area contributed by atoms with Gasteiger partial charge >= 0.3 is 0 Å². The molecule has 140 valence electrons. The Morgan fingerprint density at radius 2 is 2.15 bits per heavy atom. The van der Waals surface area contributed by atoms with E-state index in [2.05, 4.69) is 15.5 Å². The van der Waals surface area contributed by atoms with Crippen LogP contribution in [-0.2, 0) is 18.4 Å². The van der Waals surface area contributed by atoms with Crippen LogP contribution in [0.1, 0.15) is 22.5 Å². The predicted octanol–water partition coefficient (Wildman–Crippen LogP) is 3.73. The molecule has 0 saturated heterocycles. The number of rotatable bonds is 5. The first-order chi connectivity index (χ1) is 12.8. The van der Waals surface area contributed by atoms with Gasteiger partial charge in [-0.15, -0.1) is 0 Å². The van der Waals surface area contributed by atoms with Gasteiger partial charge in [-0.05, 0) is 32.1 Å². The minimum absolute atomic E-state index is 0.180. The molecule has 1 amide bonds. The summed E-state index contributed by atoms with van der Waals surface area (Å²) in [5.74, 6) is -0.673. The molecule has 2 heterocycles. The van der Waals surface area contributed by atoms with E-state index >= 15 is 0 Å². The van der Waals surface area contributed by atoms with Gasteiger partial charge in [-0.3, -0.25) is 14.2 Å². The number of carbonyl (C=O) groups excluding carboxylic acids is 1. The molecule has 0 radical (unpaired) electrons. The first-order valence-corrected chi connectivity index (χ1v) is 8.67. The fraction of sp³-hybridized carbons (Fsp3) is 0.211. The Bertz CT molecular complexity index is 1000. The van der Waals surface area contributed by atoms with Crippen molar-refractivity contribution in [2.75, 3.05) is 5.32 Å². The number of anilines is 1. The number of hydrogen-bond acceptors (Lipinski definition) is 3. The first kappa shape index (κ1) is 18.8. The van der Waals surface area contributed by atoms with Crippen molar-refractivity contribution in [1.29, 1.82) is 0 Å². The van der Waals surface area contributed by atoms with E-state index in [4.69, 9.17) is 11.6 Å². The van der Waals surface area contributed by atoms with Gasteiger partial charge in [0.1, 0.15) is 5.82 Å². The Hall–Kier alpha value is -2.93. The molecule has 0 atom stereocenters. The Kier molecular flexibility index (Phi) is 5.41. The van der Waals surface area contributed by atoms with Crippen LogP contribution >= 0.6 is 11.6 Å². The molecule has 0 aliphatic carbocycles. The van der Waals surface area contributed by atoms with Gasteiger partial charge in [0.25, 0.3) is 0 Å². The van der Waals surface area contributed by atoms with Gasteiger partial charge in [0, 0.05) is 35.5 Å². The molecule has 6 nitrogen and oxygen atoms in total. The van der Waals surface area contributed by atoms with Crippen LogP contribution in [0.2, 0.25) is 5.02 Å². The van der Waals surface area contributed by atoms with Gasteiger partial charge in [0.15, 0.2) is 0 Å². The molecule has 0 fully saturated rings. The van der Waals surface area contributed by atoms with E-state index in [1.54, 1.807) is 53.9 Å². The van der Waals surface area contributed by atoms with Crippen molar-refractivity contribution in [3.05, 3.63) is 70.0 Å². The summed E-state index contributed by atoms with van der Waals surface area (Å²) in [6.07, 6.45) is 6.57. The van der Waals surface area contributed by atoms with Gasteiger partial charge in [-0.25, -0.2) is 4.39 Å². The molecule has 1 aromatic carbocycles. The number of hydrogen-bond donors (Lipinski definition) is 1. The second-order valence-electron chi connectivity index (χ2n) is 6.17. The third-order valence-corrected chi connectivity index (χ3v) is 4.51. The molecular formula is C19H19ClFN5O. The maximum atomic E-state index is 14.0. The van der Waals surface area contributed by atoms with Crippen molar-refractivity contribution in [1.82, 2.24) is 19.6 Å². The maximum absolute atomic E-state index is 14.0. The van der Waals surface area contributed by atoms with Crippen molar-refractivity contribution in [3.8, 4) is 0 Å². The standard InChI is InChI=1S/C19H19ClFN5O/c1-12-19(23-18(27)8-7-14-9-22-25(3)10-14)13(2)26(24-12)11-15-16(20)5-4-6-17(15)21/h4-10H,11H2,1-3H3,(H,23,27)/b8-7+. The molecular weight excluding hydrogens is 369 g/mol. The summed E-state index contributed by atoms with van der Waals surface area (Å²) in [7, 11) is 1.81. The lowest BCUT2D eigenvalue weighted by atomic mass is 10.2. The van der Waals surface area contributed by atoms with Gasteiger partial charge in [0.2, 0.25) is 5.91 Å². The second-order valence-corrected chi connectivity index (χ2v) is 6.58. The van der Waals surface area contributed by atoms with Crippen molar-refractivity contribution in [2.24, 2.45) is 7.05 Å². The Labute approximate surface area is 161 Å². The molecule has 8 heteroatoms. The predicted molar refractivity (Wildman–Crippen MR) is 103 cm³/mol. The largest absolute Gasteiger partial charge is 0.319 e. The SMILES string of the molecule is Cc1nn(Cc2c(F)cccc2Cl)c(C)c1NC(=O)/C=C/c1cnn(C)c1. The van der Waals surface area contributed by atoms with Crippen molar-refractivity contribution in [2.45, 2.75) is 20.4 Å². The molecule has 3 rings (SSSR count). The van der Waals surface area contributed by atoms with Crippen molar-refractivity contribution >= 4 is 29.3 Å². The van der Waals surface area contributed by atoms with Crippen LogP contribution in [0.4, 0.5) is 10.1 Å². The van der Waals surface area contributed by atoms with Crippen LogP contribution in [0.3, 0.4) is 0 Å².